The number of hydrogen-bond acceptors (Lipinski definition) is 4. The van der Waals surface area contributed by atoms with Crippen LogP contribution in [0.4, 0.5) is 0 Å². The van der Waals surface area contributed by atoms with E-state index in [1.807, 2.05) is 12.1 Å². The van der Waals surface area contributed by atoms with Gasteiger partial charge >= 0.3 is 0 Å². The smallest absolute Gasteiger partial charge is 0.122 e. The van der Waals surface area contributed by atoms with Gasteiger partial charge in [0.15, 0.2) is 0 Å². The molecule has 0 bridgehead atoms. The van der Waals surface area contributed by atoms with Gasteiger partial charge < -0.3 is 14.5 Å². The zero-order chi connectivity index (χ0) is 17.8. The summed E-state index contributed by atoms with van der Waals surface area (Å²) >= 11 is 0. The molecule has 2 aromatic carbocycles. The molecule has 1 N–H and O–H groups in total. The number of nitrogens with one attached hydrogen (secondary N) is 1. The van der Waals surface area contributed by atoms with Crippen molar-refractivity contribution < 1.29 is 9.15 Å². The largest absolute Gasteiger partial charge is 0.497 e. The maximum atomic E-state index is 5.70. The summed E-state index contributed by atoms with van der Waals surface area (Å²) in [4.78, 5) is 2.53. The monoisotopic (exact) mass is 350 g/mol. The molecule has 0 radical (unpaired) electrons. The minimum Gasteiger partial charge on any atom is -0.497 e. The van der Waals surface area contributed by atoms with Crippen LogP contribution in [-0.4, -0.2) is 31.6 Å². The second-order valence-electron chi connectivity index (χ2n) is 6.95. The van der Waals surface area contributed by atoms with E-state index >= 15 is 0 Å². The van der Waals surface area contributed by atoms with Crippen LogP contribution in [0, 0.1) is 0 Å². The van der Waals surface area contributed by atoms with Crippen molar-refractivity contribution in [2.75, 3.05) is 26.7 Å². The van der Waals surface area contributed by atoms with E-state index in [-0.39, 0.29) is 0 Å². The summed E-state index contributed by atoms with van der Waals surface area (Å²) in [7, 11) is 1.70. The molecule has 2 heterocycles. The predicted molar refractivity (Wildman–Crippen MR) is 104 cm³/mol. The van der Waals surface area contributed by atoms with Crippen LogP contribution >= 0.6 is 0 Å². The molecule has 1 aromatic heterocycles. The minimum atomic E-state index is 0.317. The van der Waals surface area contributed by atoms with Crippen LogP contribution in [0.5, 0.6) is 5.75 Å². The highest BCUT2D eigenvalue weighted by Crippen LogP contribution is 2.25. The molecule has 0 amide bonds. The quantitative estimate of drug-likeness (QED) is 0.687. The van der Waals surface area contributed by atoms with Crippen molar-refractivity contribution in [2.45, 2.75) is 25.4 Å². The Hall–Kier alpha value is -2.30. The van der Waals surface area contributed by atoms with Crippen LogP contribution in [0.1, 0.15) is 30.2 Å². The number of furan rings is 1. The predicted octanol–water partition coefficient (Wildman–Crippen LogP) is 4.37. The molecule has 1 atom stereocenters. The highest BCUT2D eigenvalue weighted by Gasteiger charge is 2.25. The summed E-state index contributed by atoms with van der Waals surface area (Å²) in [5.41, 5.74) is 1.29. The zero-order valence-electron chi connectivity index (χ0n) is 15.3. The third kappa shape index (κ3) is 3.76. The van der Waals surface area contributed by atoms with Crippen molar-refractivity contribution in [1.29, 1.82) is 0 Å². The molecule has 1 unspecified atom stereocenters. The van der Waals surface area contributed by atoms with E-state index in [0.717, 1.165) is 37.7 Å². The first-order valence-electron chi connectivity index (χ1n) is 9.38. The van der Waals surface area contributed by atoms with Crippen LogP contribution < -0.4 is 10.1 Å². The Bertz CT molecular complexity index is 838. The normalized spacial score (nSPS) is 16.2. The SMILES string of the molecule is COc1ccc2cc(CNCC(c3ccco3)N3CCCC3)ccc2c1. The number of likely N-dealkylation sites (tertiary alicyclic amines) is 1. The van der Waals surface area contributed by atoms with Crippen LogP contribution in [0.3, 0.4) is 0 Å². The maximum Gasteiger partial charge on any atom is 0.122 e. The molecule has 136 valence electrons. The molecule has 4 heteroatoms. The van der Waals surface area contributed by atoms with Gasteiger partial charge in [-0.15, -0.1) is 0 Å². The van der Waals surface area contributed by atoms with Crippen molar-refractivity contribution in [1.82, 2.24) is 10.2 Å². The average molecular weight is 350 g/mol. The van der Waals surface area contributed by atoms with Crippen LogP contribution in [-0.2, 0) is 6.54 Å². The third-order valence-electron chi connectivity index (χ3n) is 5.23. The van der Waals surface area contributed by atoms with Crippen molar-refractivity contribution >= 4 is 10.8 Å². The first kappa shape index (κ1) is 17.1. The van der Waals surface area contributed by atoms with Gasteiger partial charge in [0.2, 0.25) is 0 Å². The Balaban J connectivity index is 1.41. The van der Waals surface area contributed by atoms with Crippen molar-refractivity contribution in [3.8, 4) is 5.75 Å². The number of methoxy groups -OCH3 is 1. The Kier molecular flexibility index (Phi) is 5.23. The second kappa shape index (κ2) is 7.94. The van der Waals surface area contributed by atoms with Gasteiger partial charge in [-0.25, -0.2) is 0 Å². The first-order valence-corrected chi connectivity index (χ1v) is 9.38. The van der Waals surface area contributed by atoms with Gasteiger partial charge in [0.25, 0.3) is 0 Å². The second-order valence-corrected chi connectivity index (χ2v) is 6.95. The lowest BCUT2D eigenvalue weighted by molar-refractivity contribution is 0.209. The fraction of sp³-hybridized carbons (Fsp3) is 0.364. The van der Waals surface area contributed by atoms with Crippen molar-refractivity contribution in [3.63, 3.8) is 0 Å². The van der Waals surface area contributed by atoms with E-state index in [9.17, 15) is 0 Å². The molecule has 1 aliphatic rings. The van der Waals surface area contributed by atoms with Gasteiger partial charge in [-0.05, 0) is 72.6 Å². The summed E-state index contributed by atoms with van der Waals surface area (Å²) in [5.74, 6) is 1.96. The molecule has 4 nitrogen and oxygen atoms in total. The summed E-state index contributed by atoms with van der Waals surface area (Å²) < 4.78 is 11.0. The molecule has 0 saturated carbocycles. The third-order valence-corrected chi connectivity index (χ3v) is 5.23. The number of hydrogen-bond donors (Lipinski definition) is 1. The van der Waals surface area contributed by atoms with Gasteiger partial charge in [-0.1, -0.05) is 18.2 Å². The minimum absolute atomic E-state index is 0.317. The maximum absolute atomic E-state index is 5.70. The molecule has 1 fully saturated rings. The number of ether oxygens (including phenoxy) is 1. The van der Waals surface area contributed by atoms with E-state index < -0.39 is 0 Å². The Morgan fingerprint density at radius 3 is 2.65 bits per heavy atom. The van der Waals surface area contributed by atoms with Gasteiger partial charge in [-0.2, -0.15) is 0 Å². The Morgan fingerprint density at radius 1 is 1.08 bits per heavy atom. The molecule has 1 saturated heterocycles. The van der Waals surface area contributed by atoms with E-state index in [2.05, 4.69) is 46.6 Å². The Labute approximate surface area is 154 Å². The summed E-state index contributed by atoms with van der Waals surface area (Å²) in [6.45, 7) is 4.07. The van der Waals surface area contributed by atoms with E-state index in [1.54, 1.807) is 13.4 Å². The fourth-order valence-electron chi connectivity index (χ4n) is 3.81. The molecule has 26 heavy (non-hydrogen) atoms. The fourth-order valence-corrected chi connectivity index (χ4v) is 3.81. The molecule has 1 aliphatic heterocycles. The topological polar surface area (TPSA) is 37.6 Å². The first-order chi connectivity index (χ1) is 12.8. The lowest BCUT2D eigenvalue weighted by Gasteiger charge is -2.26. The average Bonchev–Trinajstić information content (AvgIpc) is 3.39. The zero-order valence-corrected chi connectivity index (χ0v) is 15.3. The molecular weight excluding hydrogens is 324 g/mol. The number of fused-ring (bicyclic) bond motifs is 1. The standard InChI is InChI=1S/C22H26N2O2/c1-25-20-9-8-18-13-17(6-7-19(18)14-20)15-23-16-21(22-5-4-12-26-22)24-10-2-3-11-24/h4-9,12-14,21,23H,2-3,10-11,15-16H2,1H3. The number of rotatable bonds is 7. The summed E-state index contributed by atoms with van der Waals surface area (Å²) in [6.07, 6.45) is 4.34. The summed E-state index contributed by atoms with van der Waals surface area (Å²) in [6, 6.07) is 17.2. The summed E-state index contributed by atoms with van der Waals surface area (Å²) in [5, 5.41) is 6.08. The van der Waals surface area contributed by atoms with Crippen LogP contribution in [0.2, 0.25) is 0 Å². The van der Waals surface area contributed by atoms with Gasteiger partial charge in [-0.3, -0.25) is 4.90 Å². The number of nitrogens with zero attached hydrogens (tertiary/aromatic N) is 1. The van der Waals surface area contributed by atoms with E-state index in [0.29, 0.717) is 6.04 Å². The number of benzene rings is 2. The Morgan fingerprint density at radius 2 is 1.88 bits per heavy atom. The molecular formula is C22H26N2O2. The molecule has 0 spiro atoms. The highest BCUT2D eigenvalue weighted by molar-refractivity contribution is 5.84. The molecule has 4 rings (SSSR count). The lowest BCUT2D eigenvalue weighted by Crippen LogP contribution is -2.33. The van der Waals surface area contributed by atoms with Crippen LogP contribution in [0.15, 0.2) is 59.2 Å². The van der Waals surface area contributed by atoms with Crippen LogP contribution in [0.25, 0.3) is 10.8 Å². The van der Waals surface area contributed by atoms with E-state index in [4.69, 9.17) is 9.15 Å². The van der Waals surface area contributed by atoms with Gasteiger partial charge in [0.05, 0.1) is 19.4 Å². The molecule has 3 aromatic rings. The lowest BCUT2D eigenvalue weighted by atomic mass is 10.1. The van der Waals surface area contributed by atoms with Gasteiger partial charge in [0.1, 0.15) is 11.5 Å². The van der Waals surface area contributed by atoms with Crippen molar-refractivity contribution in [3.05, 3.63) is 66.1 Å². The van der Waals surface area contributed by atoms with Gasteiger partial charge in [0, 0.05) is 13.1 Å². The molecule has 0 aliphatic carbocycles. The highest BCUT2D eigenvalue weighted by atomic mass is 16.5. The van der Waals surface area contributed by atoms with E-state index in [1.165, 1.54) is 29.2 Å². The van der Waals surface area contributed by atoms with Crippen molar-refractivity contribution in [2.24, 2.45) is 0 Å².